The maximum absolute atomic E-state index is 11.9. The summed E-state index contributed by atoms with van der Waals surface area (Å²) in [6, 6.07) is 0. The molecule has 0 saturated carbocycles. The number of hydrogen-bond donors (Lipinski definition) is 2. The third-order valence-corrected chi connectivity index (χ3v) is 17.8. The standard InChI is InChI=1S/C8H16N2O2.3C2H5.Sn/c1-2-3-6-10-8(12)5-4-7(9)11;3*1-2;/h2-6H2,1H3,(H3,9,10,11,12);3*1H2,2H3;/q;;;;+1/p-1. The van der Waals surface area contributed by atoms with Gasteiger partial charge in [0.05, 0.1) is 0 Å². The summed E-state index contributed by atoms with van der Waals surface area (Å²) < 4.78 is 6.70. The first-order valence-electron chi connectivity index (χ1n) is 7.61. The summed E-state index contributed by atoms with van der Waals surface area (Å²) in [7, 11) is 0. The fraction of sp³-hybridized carbons (Fsp3) is 0.857. The molecule has 0 aromatic carbocycles. The molecule has 0 aliphatic rings. The van der Waals surface area contributed by atoms with Gasteiger partial charge in [-0.2, -0.15) is 0 Å². The van der Waals surface area contributed by atoms with Gasteiger partial charge in [0.1, 0.15) is 0 Å². The Morgan fingerprint density at radius 3 is 1.89 bits per heavy atom. The molecule has 2 amide bonds. The monoisotopic (exact) mass is 378 g/mol. The third-order valence-electron chi connectivity index (χ3n) is 3.87. The van der Waals surface area contributed by atoms with Crippen molar-refractivity contribution in [3.63, 3.8) is 0 Å². The zero-order valence-corrected chi connectivity index (χ0v) is 15.8. The Hall–Kier alpha value is -0.261. The molecular formula is C14H30N2O2Sn. The van der Waals surface area contributed by atoms with Crippen molar-refractivity contribution in [2.45, 2.75) is 66.7 Å². The molecule has 0 radical (unpaired) electrons. The van der Waals surface area contributed by atoms with Crippen molar-refractivity contribution in [1.82, 2.24) is 8.86 Å². The van der Waals surface area contributed by atoms with Crippen LogP contribution in [0.25, 0.3) is 0 Å². The molecular weight excluding hydrogens is 347 g/mol. The summed E-state index contributed by atoms with van der Waals surface area (Å²) in [5.41, 5.74) is 0. The number of nitrogens with one attached hydrogen (secondary N) is 2. The molecule has 112 valence electrons. The van der Waals surface area contributed by atoms with Crippen LogP contribution in [-0.2, 0) is 9.59 Å². The predicted molar refractivity (Wildman–Crippen MR) is 82.5 cm³/mol. The van der Waals surface area contributed by atoms with Gasteiger partial charge in [-0.25, -0.2) is 0 Å². The van der Waals surface area contributed by atoms with E-state index in [1.165, 1.54) is 0 Å². The van der Waals surface area contributed by atoms with Gasteiger partial charge < -0.3 is 0 Å². The Morgan fingerprint density at radius 1 is 0.895 bits per heavy atom. The van der Waals surface area contributed by atoms with Crippen LogP contribution in [0.3, 0.4) is 0 Å². The first kappa shape index (κ1) is 18.7. The quantitative estimate of drug-likeness (QED) is 0.455. The minimum atomic E-state index is -2.39. The van der Waals surface area contributed by atoms with E-state index in [-0.39, 0.29) is 11.8 Å². The Morgan fingerprint density at radius 2 is 1.42 bits per heavy atom. The van der Waals surface area contributed by atoms with Crippen molar-refractivity contribution < 1.29 is 9.59 Å². The molecule has 0 atom stereocenters. The van der Waals surface area contributed by atoms with Gasteiger partial charge in [-0.3, -0.25) is 0 Å². The first-order chi connectivity index (χ1) is 9.03. The van der Waals surface area contributed by atoms with E-state index >= 15 is 0 Å². The van der Waals surface area contributed by atoms with E-state index in [2.05, 4.69) is 36.6 Å². The van der Waals surface area contributed by atoms with E-state index in [1.54, 1.807) is 0 Å². The van der Waals surface area contributed by atoms with E-state index in [1.807, 2.05) is 0 Å². The molecule has 0 fully saturated rings. The summed E-state index contributed by atoms with van der Waals surface area (Å²) in [4.78, 5) is 23.5. The minimum absolute atomic E-state index is 0.00565. The second-order valence-corrected chi connectivity index (χ2v) is 19.2. The van der Waals surface area contributed by atoms with Gasteiger partial charge in [-0.15, -0.1) is 0 Å². The summed E-state index contributed by atoms with van der Waals surface area (Å²) in [6.07, 6.45) is 2.71. The second kappa shape index (κ2) is 10.5. The van der Waals surface area contributed by atoms with E-state index in [0.29, 0.717) is 12.8 Å². The number of unbranched alkanes of at least 4 members (excludes halogenated alkanes) is 1. The number of carbonyl (C=O) groups excluding carboxylic acids is 2. The molecule has 0 saturated heterocycles. The van der Waals surface area contributed by atoms with Gasteiger partial charge in [0.15, 0.2) is 0 Å². The van der Waals surface area contributed by atoms with Gasteiger partial charge in [0, 0.05) is 0 Å². The maximum atomic E-state index is 11.9. The van der Waals surface area contributed by atoms with Gasteiger partial charge in [0.2, 0.25) is 0 Å². The first-order valence-corrected chi connectivity index (χ1v) is 15.1. The number of amides is 2. The van der Waals surface area contributed by atoms with Crippen molar-refractivity contribution in [3.8, 4) is 0 Å². The average Bonchev–Trinajstić information content (AvgIpc) is 2.43. The predicted octanol–water partition coefficient (Wildman–Crippen LogP) is 2.80. The van der Waals surface area contributed by atoms with Crippen molar-refractivity contribution in [3.05, 3.63) is 0 Å². The Bertz CT molecular complexity index is 270. The average molecular weight is 377 g/mol. The molecule has 0 rings (SSSR count). The van der Waals surface area contributed by atoms with Gasteiger partial charge >= 0.3 is 122 Å². The van der Waals surface area contributed by atoms with Gasteiger partial charge in [0.25, 0.3) is 0 Å². The van der Waals surface area contributed by atoms with Crippen LogP contribution >= 0.6 is 0 Å². The molecule has 19 heavy (non-hydrogen) atoms. The molecule has 0 unspecified atom stereocenters. The molecule has 0 aromatic heterocycles. The van der Waals surface area contributed by atoms with E-state index in [4.69, 9.17) is 0 Å². The summed E-state index contributed by atoms with van der Waals surface area (Å²) in [5, 5.41) is 2.84. The molecule has 0 spiro atoms. The van der Waals surface area contributed by atoms with E-state index in [9.17, 15) is 9.59 Å². The van der Waals surface area contributed by atoms with Gasteiger partial charge in [-0.1, -0.05) is 0 Å². The number of carbonyl (C=O) groups is 2. The van der Waals surface area contributed by atoms with Gasteiger partial charge in [-0.05, 0) is 0 Å². The molecule has 2 N–H and O–H groups in total. The zero-order valence-electron chi connectivity index (χ0n) is 13.0. The summed E-state index contributed by atoms with van der Waals surface area (Å²) >= 11 is -2.39. The van der Waals surface area contributed by atoms with E-state index < -0.39 is 18.7 Å². The van der Waals surface area contributed by atoms with Crippen LogP contribution in [-0.4, -0.2) is 37.0 Å². The molecule has 0 bridgehead atoms. The van der Waals surface area contributed by atoms with Crippen LogP contribution in [0, 0.1) is 0 Å². The SMILES string of the molecule is CCCCNC(=O)CCC(=O)[NH][Sn]([CH2]C)([CH2]C)[CH2]C. The van der Waals surface area contributed by atoms with E-state index in [0.717, 1.165) is 32.7 Å². The Balaban J connectivity index is 4.01. The second-order valence-electron chi connectivity index (χ2n) is 5.09. The molecule has 5 heteroatoms. The molecule has 4 nitrogen and oxygen atoms in total. The van der Waals surface area contributed by atoms with Crippen LogP contribution < -0.4 is 8.86 Å². The summed E-state index contributed by atoms with van der Waals surface area (Å²) in [6.45, 7) is 9.36. The van der Waals surface area contributed by atoms with Crippen LogP contribution in [0.4, 0.5) is 0 Å². The number of hydrogen-bond acceptors (Lipinski definition) is 2. The Kier molecular flexibility index (Phi) is 10.4. The van der Waals surface area contributed by atoms with Crippen LogP contribution in [0.15, 0.2) is 0 Å². The molecule has 0 aliphatic carbocycles. The van der Waals surface area contributed by atoms with Crippen LogP contribution in [0.1, 0.15) is 53.4 Å². The van der Waals surface area contributed by atoms with Crippen molar-refractivity contribution >= 4 is 30.5 Å². The fourth-order valence-corrected chi connectivity index (χ4v) is 9.93. The van der Waals surface area contributed by atoms with Crippen molar-refractivity contribution in [2.24, 2.45) is 0 Å². The van der Waals surface area contributed by atoms with Crippen LogP contribution in [0.5, 0.6) is 0 Å². The fourth-order valence-electron chi connectivity index (χ4n) is 2.09. The Labute approximate surface area is 122 Å². The van der Waals surface area contributed by atoms with Crippen molar-refractivity contribution in [1.29, 1.82) is 0 Å². The molecule has 0 heterocycles. The summed E-state index contributed by atoms with van der Waals surface area (Å²) in [5.74, 6) is 0.0703. The number of rotatable bonds is 10. The zero-order chi connectivity index (χ0) is 14.7. The van der Waals surface area contributed by atoms with Crippen LogP contribution in [0.2, 0.25) is 13.3 Å². The molecule has 0 aromatic rings. The van der Waals surface area contributed by atoms with Crippen molar-refractivity contribution in [2.75, 3.05) is 6.54 Å². The third kappa shape index (κ3) is 7.80. The molecule has 0 aliphatic heterocycles. The topological polar surface area (TPSA) is 58.2 Å². The normalized spacial score (nSPS) is 11.2.